The molecule has 2 saturated heterocycles. The van der Waals surface area contributed by atoms with Gasteiger partial charge in [-0.1, -0.05) is 6.92 Å². The lowest BCUT2D eigenvalue weighted by atomic mass is 9.70. The van der Waals surface area contributed by atoms with Crippen LogP contribution in [0.3, 0.4) is 0 Å². The molecule has 1 N–H and O–H groups in total. The number of anilines is 1. The van der Waals surface area contributed by atoms with Crippen LogP contribution in [0, 0.1) is 25.7 Å². The van der Waals surface area contributed by atoms with Crippen LogP contribution < -0.4 is 4.90 Å². The fourth-order valence-electron chi connectivity index (χ4n) is 3.83. The number of piperidine rings is 1. The first kappa shape index (κ1) is 15.7. The van der Waals surface area contributed by atoms with Crippen LogP contribution in [0.2, 0.25) is 0 Å². The molecule has 1 aromatic rings. The SMILES string of the molecule is Cc1ncc(N2CC[C@@](O)(C3CCOCC3)[C@H](C)C2)nc1C. The van der Waals surface area contributed by atoms with Crippen LogP contribution in [0.15, 0.2) is 6.20 Å². The van der Waals surface area contributed by atoms with Crippen molar-refractivity contribution in [2.24, 2.45) is 11.8 Å². The first-order chi connectivity index (χ1) is 10.5. The Morgan fingerprint density at radius 2 is 2.00 bits per heavy atom. The highest BCUT2D eigenvalue weighted by molar-refractivity contribution is 5.38. The summed E-state index contributed by atoms with van der Waals surface area (Å²) in [4.78, 5) is 11.3. The molecule has 0 aliphatic carbocycles. The van der Waals surface area contributed by atoms with Crippen LogP contribution in [-0.2, 0) is 4.74 Å². The van der Waals surface area contributed by atoms with Crippen molar-refractivity contribution < 1.29 is 9.84 Å². The van der Waals surface area contributed by atoms with Crippen LogP contribution in [0.25, 0.3) is 0 Å². The van der Waals surface area contributed by atoms with E-state index in [0.717, 1.165) is 62.8 Å². The number of hydrogen-bond donors (Lipinski definition) is 1. The maximum Gasteiger partial charge on any atom is 0.147 e. The highest BCUT2D eigenvalue weighted by Crippen LogP contribution is 2.40. The van der Waals surface area contributed by atoms with Crippen molar-refractivity contribution in [3.8, 4) is 0 Å². The van der Waals surface area contributed by atoms with E-state index in [2.05, 4.69) is 21.8 Å². The first-order valence-electron chi connectivity index (χ1n) is 8.36. The minimum atomic E-state index is -0.562. The minimum absolute atomic E-state index is 0.229. The Balaban J connectivity index is 1.72. The zero-order chi connectivity index (χ0) is 15.7. The monoisotopic (exact) mass is 305 g/mol. The van der Waals surface area contributed by atoms with Crippen molar-refractivity contribution in [2.75, 3.05) is 31.2 Å². The first-order valence-corrected chi connectivity index (χ1v) is 8.36. The van der Waals surface area contributed by atoms with Crippen LogP contribution in [-0.4, -0.2) is 47.0 Å². The van der Waals surface area contributed by atoms with Crippen molar-refractivity contribution in [2.45, 2.75) is 45.6 Å². The molecular weight excluding hydrogens is 278 g/mol. The summed E-state index contributed by atoms with van der Waals surface area (Å²) in [6, 6.07) is 0. The number of rotatable bonds is 2. The maximum absolute atomic E-state index is 11.2. The Kier molecular flexibility index (Phi) is 4.37. The van der Waals surface area contributed by atoms with Gasteiger partial charge in [-0.15, -0.1) is 0 Å². The third-order valence-electron chi connectivity index (χ3n) is 5.56. The van der Waals surface area contributed by atoms with E-state index in [4.69, 9.17) is 4.74 Å². The normalized spacial score (nSPS) is 30.5. The molecule has 2 atom stereocenters. The molecule has 2 aliphatic rings. The van der Waals surface area contributed by atoms with Gasteiger partial charge in [0, 0.05) is 32.2 Å². The topological polar surface area (TPSA) is 58.5 Å². The highest BCUT2D eigenvalue weighted by Gasteiger charge is 2.45. The smallest absolute Gasteiger partial charge is 0.147 e. The molecule has 1 aromatic heterocycles. The van der Waals surface area contributed by atoms with E-state index in [1.165, 1.54) is 0 Å². The van der Waals surface area contributed by atoms with E-state index >= 15 is 0 Å². The van der Waals surface area contributed by atoms with Gasteiger partial charge >= 0.3 is 0 Å². The van der Waals surface area contributed by atoms with E-state index in [0.29, 0.717) is 5.92 Å². The summed E-state index contributed by atoms with van der Waals surface area (Å²) in [5.41, 5.74) is 1.40. The molecule has 0 aromatic carbocycles. The number of aromatic nitrogens is 2. The van der Waals surface area contributed by atoms with E-state index in [9.17, 15) is 5.11 Å². The van der Waals surface area contributed by atoms with Gasteiger partial charge in [-0.3, -0.25) is 4.98 Å². The van der Waals surface area contributed by atoms with Gasteiger partial charge in [-0.05, 0) is 39.0 Å². The van der Waals surface area contributed by atoms with E-state index in [1.807, 2.05) is 20.0 Å². The lowest BCUT2D eigenvalue weighted by molar-refractivity contribution is -0.108. The molecule has 22 heavy (non-hydrogen) atoms. The molecular formula is C17H27N3O2. The molecule has 5 nitrogen and oxygen atoms in total. The lowest BCUT2D eigenvalue weighted by Gasteiger charge is -2.48. The van der Waals surface area contributed by atoms with Gasteiger partial charge in [0.2, 0.25) is 0 Å². The van der Waals surface area contributed by atoms with Crippen molar-refractivity contribution in [3.05, 3.63) is 17.6 Å². The summed E-state index contributed by atoms with van der Waals surface area (Å²) in [5.74, 6) is 1.53. The zero-order valence-corrected chi connectivity index (χ0v) is 13.9. The van der Waals surface area contributed by atoms with Crippen molar-refractivity contribution in [1.29, 1.82) is 0 Å². The second-order valence-electron chi connectivity index (χ2n) is 6.87. The van der Waals surface area contributed by atoms with Gasteiger partial charge < -0.3 is 14.7 Å². The molecule has 5 heteroatoms. The summed E-state index contributed by atoms with van der Waals surface area (Å²) in [6.45, 7) is 9.39. The van der Waals surface area contributed by atoms with Crippen LogP contribution in [0.5, 0.6) is 0 Å². The summed E-state index contributed by atoms with van der Waals surface area (Å²) < 4.78 is 5.45. The number of hydrogen-bond acceptors (Lipinski definition) is 5. The molecule has 122 valence electrons. The zero-order valence-electron chi connectivity index (χ0n) is 13.9. The summed E-state index contributed by atoms with van der Waals surface area (Å²) >= 11 is 0. The Hall–Kier alpha value is -1.20. The Morgan fingerprint density at radius 1 is 1.27 bits per heavy atom. The molecule has 0 saturated carbocycles. The number of aliphatic hydroxyl groups is 1. The Bertz CT molecular complexity index is 531. The molecule has 0 bridgehead atoms. The predicted octanol–water partition coefficient (Wildman–Crippen LogP) is 2.10. The average molecular weight is 305 g/mol. The summed E-state index contributed by atoms with van der Waals surface area (Å²) in [7, 11) is 0. The molecule has 0 unspecified atom stereocenters. The van der Waals surface area contributed by atoms with E-state index in [1.54, 1.807) is 0 Å². The van der Waals surface area contributed by atoms with Gasteiger partial charge in [-0.2, -0.15) is 0 Å². The molecule has 2 aliphatic heterocycles. The van der Waals surface area contributed by atoms with Gasteiger partial charge in [0.25, 0.3) is 0 Å². The fourth-order valence-corrected chi connectivity index (χ4v) is 3.83. The Labute approximate surface area is 132 Å². The van der Waals surface area contributed by atoms with Gasteiger partial charge in [0.1, 0.15) is 5.82 Å². The molecule has 0 spiro atoms. The van der Waals surface area contributed by atoms with Crippen molar-refractivity contribution in [3.63, 3.8) is 0 Å². The average Bonchev–Trinajstić information content (AvgIpc) is 2.54. The summed E-state index contributed by atoms with van der Waals surface area (Å²) in [6.07, 6.45) is 4.61. The van der Waals surface area contributed by atoms with Crippen LogP contribution in [0.1, 0.15) is 37.6 Å². The van der Waals surface area contributed by atoms with Gasteiger partial charge in [-0.25, -0.2) is 4.98 Å². The van der Waals surface area contributed by atoms with Crippen LogP contribution in [0.4, 0.5) is 5.82 Å². The van der Waals surface area contributed by atoms with Crippen molar-refractivity contribution in [1.82, 2.24) is 9.97 Å². The molecule has 3 rings (SSSR count). The summed E-state index contributed by atoms with van der Waals surface area (Å²) in [5, 5.41) is 11.2. The number of nitrogens with zero attached hydrogens (tertiary/aromatic N) is 3. The second kappa shape index (κ2) is 6.13. The third-order valence-corrected chi connectivity index (χ3v) is 5.56. The standard InChI is InChI=1S/C17H27N3O2/c1-12-11-20(16-10-18-13(2)14(3)19-16)7-6-17(12,21)15-4-8-22-9-5-15/h10,12,15,21H,4-9,11H2,1-3H3/t12-,17+/m1/s1. The minimum Gasteiger partial charge on any atom is -0.389 e. The van der Waals surface area contributed by atoms with Crippen molar-refractivity contribution >= 4 is 5.82 Å². The predicted molar refractivity (Wildman–Crippen MR) is 86.0 cm³/mol. The van der Waals surface area contributed by atoms with E-state index in [-0.39, 0.29) is 5.92 Å². The maximum atomic E-state index is 11.2. The quantitative estimate of drug-likeness (QED) is 0.907. The van der Waals surface area contributed by atoms with Crippen LogP contribution >= 0.6 is 0 Å². The molecule has 3 heterocycles. The number of ether oxygens (including phenoxy) is 1. The number of aryl methyl sites for hydroxylation is 2. The second-order valence-corrected chi connectivity index (χ2v) is 6.87. The highest BCUT2D eigenvalue weighted by atomic mass is 16.5. The molecule has 0 radical (unpaired) electrons. The third kappa shape index (κ3) is 2.84. The Morgan fingerprint density at radius 3 is 2.64 bits per heavy atom. The molecule has 0 amide bonds. The van der Waals surface area contributed by atoms with Gasteiger partial charge in [0.15, 0.2) is 0 Å². The largest absolute Gasteiger partial charge is 0.389 e. The van der Waals surface area contributed by atoms with Gasteiger partial charge in [0.05, 0.1) is 23.2 Å². The lowest BCUT2D eigenvalue weighted by Crippen LogP contribution is -2.56. The fraction of sp³-hybridized carbons (Fsp3) is 0.765. The molecule has 2 fully saturated rings. The van der Waals surface area contributed by atoms with E-state index < -0.39 is 5.60 Å².